The van der Waals surface area contributed by atoms with Crippen LogP contribution in [0, 0.1) is 0 Å². The topological polar surface area (TPSA) is 108 Å². The Kier molecular flexibility index (Phi) is 8.32. The Balaban J connectivity index is 1.22. The summed E-state index contributed by atoms with van der Waals surface area (Å²) in [6.07, 6.45) is 4.06. The van der Waals surface area contributed by atoms with Crippen molar-refractivity contribution < 1.29 is 22.7 Å². The molecule has 2 N–H and O–H groups in total. The molecule has 2 heterocycles. The number of benzene rings is 3. The number of unbranched alkanes of at least 4 members (excludes halogenated alkanes) is 1. The third kappa shape index (κ3) is 6.55. The van der Waals surface area contributed by atoms with E-state index in [9.17, 15) is 18.0 Å². The van der Waals surface area contributed by atoms with E-state index < -0.39 is 15.6 Å². The largest absolute Gasteiger partial charge is 0.457 e. The molecule has 3 aromatic rings. The molecule has 5 rings (SSSR count). The predicted octanol–water partition coefficient (Wildman–Crippen LogP) is 5.08. The Morgan fingerprint density at radius 2 is 1.56 bits per heavy atom. The van der Waals surface area contributed by atoms with Crippen molar-refractivity contribution in [2.75, 3.05) is 35.9 Å². The maximum atomic E-state index is 13.6. The molecule has 10 heteroatoms. The van der Waals surface area contributed by atoms with Crippen molar-refractivity contribution in [1.29, 1.82) is 0 Å². The van der Waals surface area contributed by atoms with Crippen molar-refractivity contribution >= 4 is 33.2 Å². The van der Waals surface area contributed by atoms with Crippen molar-refractivity contribution in [3.05, 3.63) is 83.9 Å². The minimum atomic E-state index is -3.33. The van der Waals surface area contributed by atoms with Gasteiger partial charge in [0.2, 0.25) is 15.9 Å². The number of amides is 2. The van der Waals surface area contributed by atoms with Gasteiger partial charge >= 0.3 is 0 Å². The maximum Gasteiger partial charge on any atom is 0.256 e. The summed E-state index contributed by atoms with van der Waals surface area (Å²) in [6, 6.07) is 21.9. The summed E-state index contributed by atoms with van der Waals surface area (Å²) in [4.78, 5) is 31.4. The highest BCUT2D eigenvalue weighted by molar-refractivity contribution is 7.92. The minimum absolute atomic E-state index is 0.0715. The van der Waals surface area contributed by atoms with Crippen LogP contribution in [0.5, 0.6) is 11.5 Å². The number of anilines is 2. The van der Waals surface area contributed by atoms with E-state index in [1.165, 1.54) is 0 Å². The van der Waals surface area contributed by atoms with Gasteiger partial charge in [-0.3, -0.25) is 19.2 Å². The number of fused-ring (bicyclic) bond motifs is 1. The average molecular weight is 577 g/mol. The molecule has 3 aromatic carbocycles. The highest BCUT2D eigenvalue weighted by Crippen LogP contribution is 2.37. The zero-order chi connectivity index (χ0) is 29.0. The van der Waals surface area contributed by atoms with Gasteiger partial charge in [0, 0.05) is 31.9 Å². The number of piperidine rings is 1. The van der Waals surface area contributed by atoms with Gasteiger partial charge in [0.25, 0.3) is 5.91 Å². The number of sulfonamides is 1. The first-order valence-electron chi connectivity index (χ1n) is 14.0. The maximum absolute atomic E-state index is 13.6. The number of carbonyl (C=O) groups is 2. The fourth-order valence-corrected chi connectivity index (χ4v) is 6.12. The molecule has 0 aliphatic carbocycles. The summed E-state index contributed by atoms with van der Waals surface area (Å²) >= 11 is 0. The van der Waals surface area contributed by atoms with Gasteiger partial charge in [0.15, 0.2) is 0 Å². The molecule has 1 fully saturated rings. The molecule has 1 spiro atoms. The molecule has 0 unspecified atom stereocenters. The highest BCUT2D eigenvalue weighted by atomic mass is 32.2. The number of hydrogen-bond acceptors (Lipinski definition) is 6. The molecule has 2 aliphatic heterocycles. The van der Waals surface area contributed by atoms with Gasteiger partial charge in [-0.15, -0.1) is 0 Å². The number of hydrogen-bond donors (Lipinski definition) is 2. The van der Waals surface area contributed by atoms with E-state index >= 15 is 0 Å². The van der Waals surface area contributed by atoms with Gasteiger partial charge < -0.3 is 15.0 Å². The van der Waals surface area contributed by atoms with Crippen molar-refractivity contribution in [3.63, 3.8) is 0 Å². The Bertz CT molecular complexity index is 1500. The van der Waals surface area contributed by atoms with Gasteiger partial charge in [-0.05, 0) is 73.4 Å². The number of nitrogens with zero attached hydrogens (tertiary/aromatic N) is 2. The van der Waals surface area contributed by atoms with E-state index in [1.807, 2.05) is 41.3 Å². The van der Waals surface area contributed by atoms with E-state index in [0.29, 0.717) is 60.9 Å². The first-order chi connectivity index (χ1) is 19.7. The van der Waals surface area contributed by atoms with Crippen LogP contribution in [0.25, 0.3) is 0 Å². The van der Waals surface area contributed by atoms with Crippen LogP contribution in [0.4, 0.5) is 11.4 Å². The second-order valence-corrected chi connectivity index (χ2v) is 12.5. The molecular weight excluding hydrogens is 540 g/mol. The van der Waals surface area contributed by atoms with Crippen molar-refractivity contribution in [3.8, 4) is 11.5 Å². The summed E-state index contributed by atoms with van der Waals surface area (Å²) in [5.74, 6) is 1.12. The van der Waals surface area contributed by atoms with Gasteiger partial charge in [-0.1, -0.05) is 37.6 Å². The van der Waals surface area contributed by atoms with Crippen LogP contribution >= 0.6 is 0 Å². The fourth-order valence-electron chi connectivity index (χ4n) is 5.55. The molecule has 2 aliphatic rings. The third-order valence-corrected chi connectivity index (χ3v) is 8.34. The summed E-state index contributed by atoms with van der Waals surface area (Å²) < 4.78 is 31.1. The van der Waals surface area contributed by atoms with E-state index in [1.54, 1.807) is 36.4 Å². The highest BCUT2D eigenvalue weighted by Gasteiger charge is 2.50. The summed E-state index contributed by atoms with van der Waals surface area (Å²) in [5, 5.41) is 3.06. The van der Waals surface area contributed by atoms with Crippen LogP contribution in [0.15, 0.2) is 72.8 Å². The molecule has 0 bridgehead atoms. The third-order valence-electron chi connectivity index (χ3n) is 7.73. The molecule has 0 atom stereocenters. The van der Waals surface area contributed by atoms with E-state index in [-0.39, 0.29) is 11.8 Å². The first kappa shape index (κ1) is 28.6. The smallest absolute Gasteiger partial charge is 0.256 e. The Hall–Kier alpha value is -3.89. The second kappa shape index (κ2) is 11.9. The Morgan fingerprint density at radius 3 is 2.20 bits per heavy atom. The molecule has 0 radical (unpaired) electrons. The Labute approximate surface area is 241 Å². The summed E-state index contributed by atoms with van der Waals surface area (Å²) in [6.45, 7) is 4.79. The number of likely N-dealkylation sites (tertiary alicyclic amines) is 1. The average Bonchev–Trinajstić information content (AvgIpc) is 3.03. The van der Waals surface area contributed by atoms with Gasteiger partial charge in [0.05, 0.1) is 17.5 Å². The quantitative estimate of drug-likeness (QED) is 0.368. The molecule has 0 aromatic heterocycles. The lowest BCUT2D eigenvalue weighted by Gasteiger charge is -2.46. The molecular formula is C31H36N4O5S. The van der Waals surface area contributed by atoms with Crippen LogP contribution in [0.2, 0.25) is 0 Å². The van der Waals surface area contributed by atoms with Crippen LogP contribution in [-0.4, -0.2) is 61.5 Å². The van der Waals surface area contributed by atoms with Crippen molar-refractivity contribution in [2.24, 2.45) is 0 Å². The molecule has 0 saturated carbocycles. The van der Waals surface area contributed by atoms with Gasteiger partial charge in [0.1, 0.15) is 17.0 Å². The van der Waals surface area contributed by atoms with E-state index in [2.05, 4.69) is 21.9 Å². The Morgan fingerprint density at radius 1 is 0.927 bits per heavy atom. The molecule has 41 heavy (non-hydrogen) atoms. The summed E-state index contributed by atoms with van der Waals surface area (Å²) in [7, 11) is -3.33. The van der Waals surface area contributed by atoms with E-state index in [4.69, 9.17) is 4.74 Å². The van der Waals surface area contributed by atoms with Crippen LogP contribution in [0.1, 0.15) is 48.5 Å². The van der Waals surface area contributed by atoms with E-state index in [0.717, 1.165) is 31.2 Å². The molecule has 9 nitrogen and oxygen atoms in total. The lowest BCUT2D eigenvalue weighted by molar-refractivity contribution is -0.129. The van der Waals surface area contributed by atoms with Crippen LogP contribution < -0.4 is 14.8 Å². The van der Waals surface area contributed by atoms with Crippen molar-refractivity contribution in [2.45, 2.75) is 44.7 Å². The molecule has 1 saturated heterocycles. The lowest BCUT2D eigenvalue weighted by Crippen LogP contribution is -2.62. The van der Waals surface area contributed by atoms with Crippen LogP contribution in [-0.2, 0) is 21.4 Å². The number of rotatable bonds is 9. The molecule has 2 amide bonds. The second-order valence-electron chi connectivity index (χ2n) is 10.8. The summed E-state index contributed by atoms with van der Waals surface area (Å²) in [5.41, 5.74) is 1.89. The number of para-hydroxylation sites is 1. The standard InChI is InChI=1S/C31H36N4O5S/c1-3-4-19-35-29(36)27-7-5-6-8-28(27)32-30(37)31(35)17-20-34(21-18-31)22-23-9-13-25(14-10-23)40-26-15-11-24(12-16-26)33-41(2,38)39/h5-16,33H,3-4,17-22H2,1-2H3,(H,32,37). The minimum Gasteiger partial charge on any atom is -0.457 e. The monoisotopic (exact) mass is 576 g/mol. The number of carbonyl (C=O) groups excluding carboxylic acids is 2. The SMILES string of the molecule is CCCCN1C(=O)c2ccccc2NC(=O)C12CCN(Cc1ccc(Oc3ccc(NS(C)(=O)=O)cc3)cc1)CC2. The zero-order valence-electron chi connectivity index (χ0n) is 23.4. The normalized spacial score (nSPS) is 17.1. The fraction of sp³-hybridized carbons (Fsp3) is 0.355. The van der Waals surface area contributed by atoms with Gasteiger partial charge in [-0.2, -0.15) is 0 Å². The number of ether oxygens (including phenoxy) is 1. The van der Waals surface area contributed by atoms with Gasteiger partial charge in [-0.25, -0.2) is 8.42 Å². The zero-order valence-corrected chi connectivity index (χ0v) is 24.2. The predicted molar refractivity (Wildman–Crippen MR) is 160 cm³/mol. The lowest BCUT2D eigenvalue weighted by atomic mass is 9.84. The first-order valence-corrected chi connectivity index (χ1v) is 15.9. The molecule has 216 valence electrons. The van der Waals surface area contributed by atoms with Crippen LogP contribution in [0.3, 0.4) is 0 Å². The number of nitrogens with one attached hydrogen (secondary N) is 2. The van der Waals surface area contributed by atoms with Crippen molar-refractivity contribution in [1.82, 2.24) is 9.80 Å².